The molecule has 1 unspecified atom stereocenters. The van der Waals surface area contributed by atoms with Gasteiger partial charge < -0.3 is 11.1 Å². The van der Waals surface area contributed by atoms with Crippen LogP contribution in [-0.2, 0) is 10.2 Å². The molecule has 23 heavy (non-hydrogen) atoms. The molecule has 2 aromatic carbocycles. The quantitative estimate of drug-likeness (QED) is 0.849. The predicted molar refractivity (Wildman–Crippen MR) is 97.7 cm³/mol. The van der Waals surface area contributed by atoms with Gasteiger partial charge in [0, 0.05) is 24.4 Å². The maximum atomic E-state index is 12.1. The minimum absolute atomic E-state index is 0. The first-order valence-electron chi connectivity index (χ1n) is 7.62. The van der Waals surface area contributed by atoms with Gasteiger partial charge in [-0.15, -0.1) is 12.4 Å². The van der Waals surface area contributed by atoms with Crippen molar-refractivity contribution >= 4 is 18.3 Å². The summed E-state index contributed by atoms with van der Waals surface area (Å²) in [6, 6.07) is 19.7. The maximum Gasteiger partial charge on any atom is 0.221 e. The lowest BCUT2D eigenvalue weighted by Crippen LogP contribution is -2.37. The Labute approximate surface area is 144 Å². The zero-order valence-electron chi connectivity index (χ0n) is 13.7. The summed E-state index contributed by atoms with van der Waals surface area (Å²) in [6.45, 7) is 4.84. The third-order valence-corrected chi connectivity index (χ3v) is 3.92. The predicted octanol–water partition coefficient (Wildman–Crippen LogP) is 3.59. The van der Waals surface area contributed by atoms with Crippen LogP contribution < -0.4 is 11.1 Å². The minimum Gasteiger partial charge on any atom is -0.355 e. The van der Waals surface area contributed by atoms with Crippen molar-refractivity contribution in [1.82, 2.24) is 5.32 Å². The van der Waals surface area contributed by atoms with Crippen LogP contribution in [-0.4, -0.2) is 12.5 Å². The summed E-state index contributed by atoms with van der Waals surface area (Å²) < 4.78 is 0. The highest BCUT2D eigenvalue weighted by atomic mass is 35.5. The molecule has 0 heterocycles. The molecule has 2 aromatic rings. The Morgan fingerprint density at radius 1 is 1.04 bits per heavy atom. The molecule has 0 spiro atoms. The van der Waals surface area contributed by atoms with Gasteiger partial charge in [0.2, 0.25) is 5.91 Å². The molecule has 1 amide bonds. The van der Waals surface area contributed by atoms with E-state index in [4.69, 9.17) is 5.73 Å². The maximum absolute atomic E-state index is 12.1. The van der Waals surface area contributed by atoms with E-state index in [-0.39, 0.29) is 29.8 Å². The van der Waals surface area contributed by atoms with Crippen molar-refractivity contribution in [3.05, 3.63) is 71.8 Å². The van der Waals surface area contributed by atoms with Crippen molar-refractivity contribution in [1.29, 1.82) is 0 Å². The number of amides is 1. The van der Waals surface area contributed by atoms with Gasteiger partial charge in [0.05, 0.1) is 0 Å². The number of hydrogen-bond donors (Lipinski definition) is 2. The highest BCUT2D eigenvalue weighted by molar-refractivity contribution is 5.85. The van der Waals surface area contributed by atoms with Gasteiger partial charge in [-0.1, -0.05) is 74.5 Å². The van der Waals surface area contributed by atoms with Crippen LogP contribution in [0.1, 0.15) is 37.4 Å². The Hall–Kier alpha value is -1.84. The van der Waals surface area contributed by atoms with E-state index in [0.29, 0.717) is 13.0 Å². The van der Waals surface area contributed by atoms with Crippen LogP contribution in [0.15, 0.2) is 60.7 Å². The lowest BCUT2D eigenvalue weighted by atomic mass is 9.84. The van der Waals surface area contributed by atoms with Crippen molar-refractivity contribution in [2.24, 2.45) is 5.73 Å². The van der Waals surface area contributed by atoms with E-state index >= 15 is 0 Å². The standard InChI is InChI=1S/C19H24N2O.ClH/c1-19(2,16-11-7-4-8-12-16)14-21-18(22)13-17(20)15-9-5-3-6-10-15;/h3-12,17H,13-14,20H2,1-2H3,(H,21,22);1H. The van der Waals surface area contributed by atoms with Gasteiger partial charge in [0.25, 0.3) is 0 Å². The van der Waals surface area contributed by atoms with Crippen molar-refractivity contribution < 1.29 is 4.79 Å². The first-order chi connectivity index (χ1) is 10.5. The summed E-state index contributed by atoms with van der Waals surface area (Å²) in [6.07, 6.45) is 0.300. The van der Waals surface area contributed by atoms with Crippen LogP contribution in [0.4, 0.5) is 0 Å². The molecule has 1 atom stereocenters. The fourth-order valence-corrected chi connectivity index (χ4v) is 2.40. The lowest BCUT2D eigenvalue weighted by molar-refractivity contribution is -0.121. The molecule has 0 aliphatic rings. The van der Waals surface area contributed by atoms with Crippen LogP contribution in [0.2, 0.25) is 0 Å². The number of benzene rings is 2. The number of hydrogen-bond acceptors (Lipinski definition) is 2. The van der Waals surface area contributed by atoms with Gasteiger partial charge in [-0.3, -0.25) is 4.79 Å². The molecule has 0 aliphatic heterocycles. The second-order valence-electron chi connectivity index (χ2n) is 6.25. The average molecular weight is 333 g/mol. The molecule has 0 aromatic heterocycles. The van der Waals surface area contributed by atoms with Gasteiger partial charge >= 0.3 is 0 Å². The van der Waals surface area contributed by atoms with Crippen molar-refractivity contribution in [3.8, 4) is 0 Å². The molecule has 0 radical (unpaired) electrons. The Balaban J connectivity index is 0.00000264. The Morgan fingerprint density at radius 2 is 1.57 bits per heavy atom. The molecule has 124 valence electrons. The van der Waals surface area contributed by atoms with Crippen LogP contribution in [0.5, 0.6) is 0 Å². The molecule has 0 aliphatic carbocycles. The van der Waals surface area contributed by atoms with E-state index in [1.807, 2.05) is 48.5 Å². The number of carbonyl (C=O) groups is 1. The average Bonchev–Trinajstić information content (AvgIpc) is 2.55. The van der Waals surface area contributed by atoms with Gasteiger partial charge in [-0.2, -0.15) is 0 Å². The molecular weight excluding hydrogens is 308 g/mol. The molecule has 2 rings (SSSR count). The third kappa shape index (κ3) is 5.70. The van der Waals surface area contributed by atoms with Crippen molar-refractivity contribution in [3.63, 3.8) is 0 Å². The second-order valence-corrected chi connectivity index (χ2v) is 6.25. The van der Waals surface area contributed by atoms with Gasteiger partial charge in [0.15, 0.2) is 0 Å². The minimum atomic E-state index is -0.263. The molecule has 3 N–H and O–H groups in total. The SMILES string of the molecule is CC(C)(CNC(=O)CC(N)c1ccccc1)c1ccccc1.Cl. The topological polar surface area (TPSA) is 55.1 Å². The Kier molecular flexibility index (Phi) is 7.27. The molecular formula is C19H25ClN2O. The van der Waals surface area contributed by atoms with Gasteiger partial charge in [-0.25, -0.2) is 0 Å². The second kappa shape index (κ2) is 8.70. The summed E-state index contributed by atoms with van der Waals surface area (Å²) in [5, 5.41) is 3.00. The van der Waals surface area contributed by atoms with E-state index in [1.54, 1.807) is 0 Å². The summed E-state index contributed by atoms with van der Waals surface area (Å²) in [7, 11) is 0. The number of carbonyl (C=O) groups excluding carboxylic acids is 1. The summed E-state index contributed by atoms with van der Waals surface area (Å²) >= 11 is 0. The smallest absolute Gasteiger partial charge is 0.221 e. The number of nitrogens with one attached hydrogen (secondary N) is 1. The Bertz CT molecular complexity index is 599. The molecule has 3 nitrogen and oxygen atoms in total. The fourth-order valence-electron chi connectivity index (χ4n) is 2.40. The highest BCUT2D eigenvalue weighted by Crippen LogP contribution is 2.22. The lowest BCUT2D eigenvalue weighted by Gasteiger charge is -2.26. The van der Waals surface area contributed by atoms with Crippen molar-refractivity contribution in [2.45, 2.75) is 31.7 Å². The molecule has 0 bridgehead atoms. The van der Waals surface area contributed by atoms with E-state index in [9.17, 15) is 4.79 Å². The Morgan fingerprint density at radius 3 is 2.13 bits per heavy atom. The summed E-state index contributed by atoms with van der Waals surface area (Å²) in [4.78, 5) is 12.1. The van der Waals surface area contributed by atoms with Crippen LogP contribution >= 0.6 is 12.4 Å². The summed E-state index contributed by atoms with van der Waals surface area (Å²) in [5.74, 6) is -0.0136. The zero-order valence-corrected chi connectivity index (χ0v) is 14.5. The van der Waals surface area contributed by atoms with Gasteiger partial charge in [-0.05, 0) is 11.1 Å². The fraction of sp³-hybridized carbons (Fsp3) is 0.316. The van der Waals surface area contributed by atoms with Gasteiger partial charge in [0.1, 0.15) is 0 Å². The number of nitrogens with two attached hydrogens (primary N) is 1. The largest absolute Gasteiger partial charge is 0.355 e. The van der Waals surface area contributed by atoms with Crippen LogP contribution in [0.25, 0.3) is 0 Å². The van der Waals surface area contributed by atoms with E-state index in [0.717, 1.165) is 5.56 Å². The van der Waals surface area contributed by atoms with Crippen LogP contribution in [0, 0.1) is 0 Å². The first-order valence-corrected chi connectivity index (χ1v) is 7.62. The molecule has 0 fully saturated rings. The third-order valence-electron chi connectivity index (χ3n) is 3.92. The van der Waals surface area contributed by atoms with Crippen molar-refractivity contribution in [2.75, 3.05) is 6.54 Å². The van der Waals surface area contributed by atoms with E-state index in [2.05, 4.69) is 31.3 Å². The zero-order chi connectivity index (χ0) is 16.0. The van der Waals surface area contributed by atoms with E-state index in [1.165, 1.54) is 5.56 Å². The first kappa shape index (κ1) is 19.2. The number of rotatable bonds is 6. The van der Waals surface area contributed by atoms with Crippen LogP contribution in [0.3, 0.4) is 0 Å². The summed E-state index contributed by atoms with van der Waals surface area (Å²) in [5.41, 5.74) is 8.18. The highest BCUT2D eigenvalue weighted by Gasteiger charge is 2.21. The molecule has 0 saturated heterocycles. The monoisotopic (exact) mass is 332 g/mol. The normalized spacial score (nSPS) is 12.1. The number of halogens is 1. The van der Waals surface area contributed by atoms with E-state index < -0.39 is 0 Å². The molecule has 0 saturated carbocycles. The molecule has 4 heteroatoms.